The summed E-state index contributed by atoms with van der Waals surface area (Å²) in [5.74, 6) is 0.00694. The van der Waals surface area contributed by atoms with Crippen LogP contribution in [0.25, 0.3) is 11.3 Å². The number of amides is 1. The van der Waals surface area contributed by atoms with E-state index in [0.29, 0.717) is 11.7 Å². The fraction of sp³-hybridized carbons (Fsp3) is 0.333. The summed E-state index contributed by atoms with van der Waals surface area (Å²) in [6, 6.07) is 16.9. The second kappa shape index (κ2) is 9.51. The van der Waals surface area contributed by atoms with Gasteiger partial charge >= 0.3 is 0 Å². The van der Waals surface area contributed by atoms with Crippen LogP contribution in [0.2, 0.25) is 0 Å². The second-order valence-electron chi connectivity index (χ2n) is 7.92. The van der Waals surface area contributed by atoms with Crippen molar-refractivity contribution in [1.29, 1.82) is 0 Å². The summed E-state index contributed by atoms with van der Waals surface area (Å²) < 4.78 is 0. The summed E-state index contributed by atoms with van der Waals surface area (Å²) in [6.07, 6.45) is 0. The number of rotatable bonds is 6. The summed E-state index contributed by atoms with van der Waals surface area (Å²) in [5, 5.41) is 5.63. The van der Waals surface area contributed by atoms with Crippen LogP contribution in [0, 0.1) is 13.8 Å². The Kier molecular flexibility index (Phi) is 6.57. The van der Waals surface area contributed by atoms with Crippen molar-refractivity contribution in [2.24, 2.45) is 0 Å². The zero-order valence-corrected chi connectivity index (χ0v) is 18.4. The highest BCUT2D eigenvalue weighted by atomic mass is 32.1. The predicted molar refractivity (Wildman–Crippen MR) is 124 cm³/mol. The number of anilines is 1. The molecule has 1 aliphatic heterocycles. The molecule has 0 unspecified atom stereocenters. The zero-order valence-electron chi connectivity index (χ0n) is 17.6. The maximum atomic E-state index is 12.5. The van der Waals surface area contributed by atoms with Crippen LogP contribution in [-0.2, 0) is 11.3 Å². The average Bonchev–Trinajstić information content (AvgIpc) is 3.20. The number of benzene rings is 2. The van der Waals surface area contributed by atoms with E-state index in [1.165, 1.54) is 28.0 Å². The molecule has 3 aromatic rings. The molecular weight excluding hydrogens is 392 g/mol. The van der Waals surface area contributed by atoms with E-state index in [1.807, 2.05) is 11.4 Å². The van der Waals surface area contributed by atoms with Crippen molar-refractivity contribution in [3.63, 3.8) is 0 Å². The van der Waals surface area contributed by atoms with Crippen LogP contribution in [0.1, 0.15) is 16.7 Å². The maximum Gasteiger partial charge on any atom is 0.240 e. The lowest BCUT2D eigenvalue weighted by Crippen LogP contribution is -2.48. The number of piperazine rings is 1. The molecule has 1 N–H and O–H groups in total. The number of nitrogens with zero attached hydrogens (tertiary/aromatic N) is 3. The Labute approximate surface area is 182 Å². The molecule has 2 heterocycles. The molecule has 30 heavy (non-hydrogen) atoms. The molecule has 0 saturated carbocycles. The SMILES string of the molecule is Cc1ccc(-c2csc(NC(=O)CN3CCN(Cc4ccccc4)CC3)n2)cc1C. The van der Waals surface area contributed by atoms with E-state index in [0.717, 1.165) is 44.0 Å². The number of aryl methyl sites for hydroxylation is 2. The quantitative estimate of drug-likeness (QED) is 0.650. The van der Waals surface area contributed by atoms with Gasteiger partial charge in [-0.25, -0.2) is 4.98 Å². The fourth-order valence-electron chi connectivity index (χ4n) is 3.67. The molecule has 6 heteroatoms. The van der Waals surface area contributed by atoms with Crippen molar-refractivity contribution in [2.75, 3.05) is 38.0 Å². The smallest absolute Gasteiger partial charge is 0.240 e. The number of nitrogens with one attached hydrogen (secondary N) is 1. The van der Waals surface area contributed by atoms with E-state index in [1.54, 1.807) is 0 Å². The van der Waals surface area contributed by atoms with Crippen molar-refractivity contribution in [1.82, 2.24) is 14.8 Å². The van der Waals surface area contributed by atoms with E-state index >= 15 is 0 Å². The first kappa shape index (κ1) is 20.7. The third-order valence-electron chi connectivity index (χ3n) is 5.63. The van der Waals surface area contributed by atoms with Crippen LogP contribution in [0.3, 0.4) is 0 Å². The molecule has 0 bridgehead atoms. The van der Waals surface area contributed by atoms with E-state index in [2.05, 4.69) is 76.4 Å². The van der Waals surface area contributed by atoms with Gasteiger partial charge in [0.15, 0.2) is 5.13 Å². The number of thiazole rings is 1. The lowest BCUT2D eigenvalue weighted by molar-refractivity contribution is -0.117. The minimum Gasteiger partial charge on any atom is -0.301 e. The van der Waals surface area contributed by atoms with Gasteiger partial charge in [-0.3, -0.25) is 14.6 Å². The van der Waals surface area contributed by atoms with Crippen LogP contribution in [-0.4, -0.2) is 53.4 Å². The lowest BCUT2D eigenvalue weighted by atomic mass is 10.1. The van der Waals surface area contributed by atoms with Gasteiger partial charge in [-0.05, 0) is 36.6 Å². The third kappa shape index (κ3) is 5.33. The number of carbonyl (C=O) groups is 1. The van der Waals surface area contributed by atoms with Gasteiger partial charge in [-0.15, -0.1) is 11.3 Å². The molecule has 4 rings (SSSR count). The third-order valence-corrected chi connectivity index (χ3v) is 6.39. The molecule has 0 spiro atoms. The van der Waals surface area contributed by atoms with Gasteiger partial charge in [0, 0.05) is 43.7 Å². The predicted octanol–water partition coefficient (Wildman–Crippen LogP) is 4.18. The molecule has 0 radical (unpaired) electrons. The van der Waals surface area contributed by atoms with Crippen LogP contribution in [0.4, 0.5) is 5.13 Å². The van der Waals surface area contributed by atoms with E-state index in [9.17, 15) is 4.79 Å². The second-order valence-corrected chi connectivity index (χ2v) is 8.78. The average molecular weight is 421 g/mol. The van der Waals surface area contributed by atoms with Gasteiger partial charge in [0.05, 0.1) is 12.2 Å². The molecule has 1 aromatic heterocycles. The number of aromatic nitrogens is 1. The summed E-state index contributed by atoms with van der Waals surface area (Å²) in [5.41, 5.74) is 5.85. The number of hydrogen-bond acceptors (Lipinski definition) is 5. The molecule has 1 amide bonds. The van der Waals surface area contributed by atoms with E-state index < -0.39 is 0 Å². The molecule has 1 fully saturated rings. The Morgan fingerprint density at radius 3 is 2.47 bits per heavy atom. The summed E-state index contributed by atoms with van der Waals surface area (Å²) >= 11 is 1.48. The van der Waals surface area contributed by atoms with Gasteiger partial charge in [-0.1, -0.05) is 42.5 Å². The first-order valence-electron chi connectivity index (χ1n) is 10.4. The standard InChI is InChI=1S/C24H28N4OS/c1-18-8-9-21(14-19(18)2)22-17-30-24(25-22)26-23(29)16-28-12-10-27(11-13-28)15-20-6-4-3-5-7-20/h3-9,14,17H,10-13,15-16H2,1-2H3,(H,25,26,29). The minimum absolute atomic E-state index is 0.00694. The zero-order chi connectivity index (χ0) is 20.9. The van der Waals surface area contributed by atoms with E-state index in [-0.39, 0.29) is 5.91 Å². The summed E-state index contributed by atoms with van der Waals surface area (Å²) in [6.45, 7) is 9.38. The number of hydrogen-bond donors (Lipinski definition) is 1. The van der Waals surface area contributed by atoms with Crippen molar-refractivity contribution < 1.29 is 4.79 Å². The first-order valence-corrected chi connectivity index (χ1v) is 11.3. The molecular formula is C24H28N4OS. The van der Waals surface area contributed by atoms with Gasteiger partial charge in [0.25, 0.3) is 0 Å². The van der Waals surface area contributed by atoms with E-state index in [4.69, 9.17) is 0 Å². The molecule has 0 aliphatic carbocycles. The molecule has 0 atom stereocenters. The monoisotopic (exact) mass is 420 g/mol. The largest absolute Gasteiger partial charge is 0.301 e. The highest BCUT2D eigenvalue weighted by Crippen LogP contribution is 2.26. The lowest BCUT2D eigenvalue weighted by Gasteiger charge is -2.34. The molecule has 1 saturated heterocycles. The highest BCUT2D eigenvalue weighted by Gasteiger charge is 2.19. The minimum atomic E-state index is 0.00694. The van der Waals surface area contributed by atoms with Crippen LogP contribution >= 0.6 is 11.3 Å². The molecule has 5 nitrogen and oxygen atoms in total. The molecule has 156 valence electrons. The topological polar surface area (TPSA) is 48.5 Å². The van der Waals surface area contributed by atoms with Crippen LogP contribution < -0.4 is 5.32 Å². The summed E-state index contributed by atoms with van der Waals surface area (Å²) in [4.78, 5) is 21.8. The van der Waals surface area contributed by atoms with Crippen LogP contribution in [0.15, 0.2) is 53.9 Å². The maximum absolute atomic E-state index is 12.5. The van der Waals surface area contributed by atoms with Gasteiger partial charge in [0.1, 0.15) is 0 Å². The summed E-state index contributed by atoms with van der Waals surface area (Å²) in [7, 11) is 0. The van der Waals surface area contributed by atoms with Crippen molar-refractivity contribution >= 4 is 22.4 Å². The van der Waals surface area contributed by atoms with Crippen molar-refractivity contribution in [2.45, 2.75) is 20.4 Å². The van der Waals surface area contributed by atoms with Gasteiger partial charge in [0.2, 0.25) is 5.91 Å². The van der Waals surface area contributed by atoms with Crippen LogP contribution in [0.5, 0.6) is 0 Å². The Morgan fingerprint density at radius 2 is 1.73 bits per heavy atom. The van der Waals surface area contributed by atoms with Gasteiger partial charge < -0.3 is 5.32 Å². The van der Waals surface area contributed by atoms with Gasteiger partial charge in [-0.2, -0.15) is 0 Å². The molecule has 1 aliphatic rings. The first-order chi connectivity index (χ1) is 14.6. The van der Waals surface area contributed by atoms with Crippen molar-refractivity contribution in [3.05, 3.63) is 70.6 Å². The van der Waals surface area contributed by atoms with Crippen molar-refractivity contribution in [3.8, 4) is 11.3 Å². The normalized spacial score (nSPS) is 15.3. The number of carbonyl (C=O) groups excluding carboxylic acids is 1. The highest BCUT2D eigenvalue weighted by molar-refractivity contribution is 7.14. The Hall–Kier alpha value is -2.54. The Balaban J connectivity index is 1.25. The Bertz CT molecular complexity index is 993. The Morgan fingerprint density at radius 1 is 1.00 bits per heavy atom. The molecule has 2 aromatic carbocycles. The fourth-order valence-corrected chi connectivity index (χ4v) is 4.41.